The predicted octanol–water partition coefficient (Wildman–Crippen LogP) is 1.87. The molecule has 0 atom stereocenters. The highest BCUT2D eigenvalue weighted by molar-refractivity contribution is 6.33. The maximum Gasteiger partial charge on any atom is 0.225 e. The summed E-state index contributed by atoms with van der Waals surface area (Å²) in [7, 11) is 0. The summed E-state index contributed by atoms with van der Waals surface area (Å²) in [6.07, 6.45) is 0.283. The molecule has 1 rings (SSSR count). The van der Waals surface area contributed by atoms with E-state index >= 15 is 0 Å². The van der Waals surface area contributed by atoms with Crippen LogP contribution in [0, 0.1) is 0 Å². The van der Waals surface area contributed by atoms with Crippen molar-refractivity contribution >= 4 is 12.1 Å². The first kappa shape index (κ1) is 12.2. The monoisotopic (exact) mass is 222 g/mol. The molecule has 4 nitrogen and oxygen atoms in total. The Balaban J connectivity index is 3.05. The van der Waals surface area contributed by atoms with Crippen molar-refractivity contribution in [2.45, 2.75) is 13.8 Å². The molecule has 16 heavy (non-hydrogen) atoms. The first-order valence-electron chi connectivity index (χ1n) is 5.12. The van der Waals surface area contributed by atoms with Crippen molar-refractivity contribution in [3.63, 3.8) is 0 Å². The molecule has 0 bridgehead atoms. The van der Waals surface area contributed by atoms with E-state index in [-0.39, 0.29) is 6.29 Å². The minimum atomic E-state index is -0.566. The number of ketones is 1. The van der Waals surface area contributed by atoms with Crippen LogP contribution in [-0.2, 0) is 4.79 Å². The molecule has 0 fully saturated rings. The van der Waals surface area contributed by atoms with Crippen LogP contribution in [0.25, 0.3) is 0 Å². The zero-order chi connectivity index (χ0) is 12.0. The lowest BCUT2D eigenvalue weighted by atomic mass is 10.1. The number of benzene rings is 1. The third kappa shape index (κ3) is 2.82. The molecule has 0 N–H and O–H groups in total. The number of rotatable bonds is 6. The molecule has 0 heterocycles. The summed E-state index contributed by atoms with van der Waals surface area (Å²) >= 11 is 0. The van der Waals surface area contributed by atoms with Gasteiger partial charge in [0.25, 0.3) is 0 Å². The van der Waals surface area contributed by atoms with Crippen LogP contribution in [0.4, 0.5) is 0 Å². The molecule has 0 aromatic heterocycles. The van der Waals surface area contributed by atoms with E-state index < -0.39 is 5.78 Å². The summed E-state index contributed by atoms with van der Waals surface area (Å²) in [5, 5.41) is 0. The molecule has 0 aliphatic heterocycles. The summed E-state index contributed by atoms with van der Waals surface area (Å²) < 4.78 is 10.7. The smallest absolute Gasteiger partial charge is 0.225 e. The lowest BCUT2D eigenvalue weighted by molar-refractivity contribution is -0.104. The van der Waals surface area contributed by atoms with Crippen LogP contribution in [0.2, 0.25) is 0 Å². The first-order valence-corrected chi connectivity index (χ1v) is 5.12. The Kier molecular flexibility index (Phi) is 4.51. The van der Waals surface area contributed by atoms with Crippen LogP contribution in [-0.4, -0.2) is 25.3 Å². The highest BCUT2D eigenvalue weighted by Gasteiger charge is 2.10. The van der Waals surface area contributed by atoms with Crippen LogP contribution in [0.15, 0.2) is 18.2 Å². The van der Waals surface area contributed by atoms with Crippen molar-refractivity contribution in [2.75, 3.05) is 13.2 Å². The number of carbonyl (C=O) groups excluding carboxylic acids is 2. The molecule has 0 spiro atoms. The van der Waals surface area contributed by atoms with Gasteiger partial charge in [-0.25, -0.2) is 0 Å². The summed E-state index contributed by atoms with van der Waals surface area (Å²) in [4.78, 5) is 21.5. The zero-order valence-corrected chi connectivity index (χ0v) is 9.36. The molecular formula is C12H14O4. The second-order valence-electron chi connectivity index (χ2n) is 3.01. The number of aldehydes is 1. The largest absolute Gasteiger partial charge is 0.490 e. The van der Waals surface area contributed by atoms with E-state index in [1.54, 1.807) is 12.1 Å². The first-order chi connectivity index (χ1) is 7.72. The third-order valence-electron chi connectivity index (χ3n) is 1.93. The second kappa shape index (κ2) is 5.90. The van der Waals surface area contributed by atoms with Crippen molar-refractivity contribution in [3.05, 3.63) is 23.8 Å². The van der Waals surface area contributed by atoms with Crippen LogP contribution in [0.1, 0.15) is 24.2 Å². The fraction of sp³-hybridized carbons (Fsp3) is 0.333. The van der Waals surface area contributed by atoms with Gasteiger partial charge in [0.15, 0.2) is 17.8 Å². The minimum absolute atomic E-state index is 0.283. The SMILES string of the molecule is CCOc1ccc(C(=O)C=O)cc1OCC. The second-order valence-corrected chi connectivity index (χ2v) is 3.01. The topological polar surface area (TPSA) is 52.6 Å². The van der Waals surface area contributed by atoms with Gasteiger partial charge in [-0.15, -0.1) is 0 Å². The Hall–Kier alpha value is -1.84. The van der Waals surface area contributed by atoms with Gasteiger partial charge in [0.2, 0.25) is 5.78 Å². The van der Waals surface area contributed by atoms with Gasteiger partial charge in [-0.1, -0.05) is 0 Å². The Morgan fingerprint density at radius 2 is 1.81 bits per heavy atom. The normalized spacial score (nSPS) is 9.62. The van der Waals surface area contributed by atoms with Gasteiger partial charge in [0.05, 0.1) is 13.2 Å². The van der Waals surface area contributed by atoms with Crippen LogP contribution >= 0.6 is 0 Å². The molecule has 1 aromatic carbocycles. The van der Waals surface area contributed by atoms with Crippen molar-refractivity contribution in [1.29, 1.82) is 0 Å². The average Bonchev–Trinajstić information content (AvgIpc) is 2.31. The Morgan fingerprint density at radius 1 is 1.19 bits per heavy atom. The van der Waals surface area contributed by atoms with Gasteiger partial charge in [0, 0.05) is 5.56 Å². The fourth-order valence-corrected chi connectivity index (χ4v) is 1.27. The molecule has 0 amide bonds. The van der Waals surface area contributed by atoms with E-state index in [2.05, 4.69) is 0 Å². The van der Waals surface area contributed by atoms with E-state index in [0.717, 1.165) is 0 Å². The van der Waals surface area contributed by atoms with Crippen molar-refractivity contribution < 1.29 is 19.1 Å². The lowest BCUT2D eigenvalue weighted by Gasteiger charge is -2.11. The molecule has 0 radical (unpaired) electrons. The number of ether oxygens (including phenoxy) is 2. The van der Waals surface area contributed by atoms with E-state index in [1.165, 1.54) is 6.07 Å². The van der Waals surface area contributed by atoms with Crippen molar-refractivity contribution in [1.82, 2.24) is 0 Å². The molecule has 4 heteroatoms. The maximum absolute atomic E-state index is 11.2. The molecule has 0 saturated carbocycles. The molecule has 1 aromatic rings. The third-order valence-corrected chi connectivity index (χ3v) is 1.93. The van der Waals surface area contributed by atoms with Crippen LogP contribution in [0.5, 0.6) is 11.5 Å². The summed E-state index contributed by atoms with van der Waals surface area (Å²) in [6, 6.07) is 4.70. The van der Waals surface area contributed by atoms with Gasteiger partial charge in [-0.3, -0.25) is 9.59 Å². The Bertz CT molecular complexity index is 385. The molecule has 0 saturated heterocycles. The van der Waals surface area contributed by atoms with Crippen molar-refractivity contribution in [2.24, 2.45) is 0 Å². The fourth-order valence-electron chi connectivity index (χ4n) is 1.27. The van der Waals surface area contributed by atoms with Gasteiger partial charge in [0.1, 0.15) is 0 Å². The molecule has 0 aliphatic rings. The number of hydrogen-bond donors (Lipinski definition) is 0. The summed E-state index contributed by atoms with van der Waals surface area (Å²) in [5.74, 6) is 0.493. The number of carbonyl (C=O) groups is 2. The Labute approximate surface area is 94.2 Å². The lowest BCUT2D eigenvalue weighted by Crippen LogP contribution is -2.03. The van der Waals surface area contributed by atoms with Gasteiger partial charge in [-0.2, -0.15) is 0 Å². The maximum atomic E-state index is 11.2. The highest BCUT2D eigenvalue weighted by atomic mass is 16.5. The summed E-state index contributed by atoms with van der Waals surface area (Å²) in [5.41, 5.74) is 0.307. The quantitative estimate of drug-likeness (QED) is 0.419. The number of Topliss-reactive ketones (excluding diaryl/α,β-unsaturated/α-hetero) is 1. The van der Waals surface area contributed by atoms with E-state index in [1.807, 2.05) is 13.8 Å². The summed E-state index contributed by atoms with van der Waals surface area (Å²) in [6.45, 7) is 4.68. The molecule has 0 aliphatic carbocycles. The van der Waals surface area contributed by atoms with E-state index in [4.69, 9.17) is 9.47 Å². The highest BCUT2D eigenvalue weighted by Crippen LogP contribution is 2.28. The van der Waals surface area contributed by atoms with Crippen LogP contribution in [0.3, 0.4) is 0 Å². The van der Waals surface area contributed by atoms with Crippen molar-refractivity contribution in [3.8, 4) is 11.5 Å². The van der Waals surface area contributed by atoms with E-state index in [0.29, 0.717) is 30.3 Å². The minimum Gasteiger partial charge on any atom is -0.490 e. The van der Waals surface area contributed by atoms with Gasteiger partial charge in [-0.05, 0) is 32.0 Å². The molecular weight excluding hydrogens is 208 g/mol. The average molecular weight is 222 g/mol. The van der Waals surface area contributed by atoms with E-state index in [9.17, 15) is 9.59 Å². The number of hydrogen-bond acceptors (Lipinski definition) is 4. The molecule has 86 valence electrons. The Morgan fingerprint density at radius 3 is 2.38 bits per heavy atom. The zero-order valence-electron chi connectivity index (χ0n) is 9.36. The predicted molar refractivity (Wildman–Crippen MR) is 59.2 cm³/mol. The van der Waals surface area contributed by atoms with Gasteiger partial charge < -0.3 is 9.47 Å². The van der Waals surface area contributed by atoms with Crippen LogP contribution < -0.4 is 9.47 Å². The van der Waals surface area contributed by atoms with Gasteiger partial charge >= 0.3 is 0 Å². The molecule has 0 unspecified atom stereocenters. The standard InChI is InChI=1S/C12H14O4/c1-3-15-11-6-5-9(10(14)8-13)7-12(11)16-4-2/h5-8H,3-4H2,1-2H3.